The van der Waals surface area contributed by atoms with Crippen LogP contribution in [0.15, 0.2) is 34.6 Å². The van der Waals surface area contributed by atoms with E-state index >= 15 is 0 Å². The lowest BCUT2D eigenvalue weighted by atomic mass is 10.1. The lowest BCUT2D eigenvalue weighted by Gasteiger charge is -2.05. The van der Waals surface area contributed by atoms with Crippen molar-refractivity contribution in [2.75, 3.05) is 14.1 Å². The minimum Gasteiger partial charge on any atom is -0.364 e. The molecule has 8 heteroatoms. The first-order chi connectivity index (χ1) is 9.97. The average Bonchev–Trinajstić information content (AvgIpc) is 2.82. The van der Waals surface area contributed by atoms with Gasteiger partial charge in [0.2, 0.25) is 5.82 Å². The van der Waals surface area contributed by atoms with E-state index in [2.05, 4.69) is 20.6 Å². The molecule has 0 aliphatic rings. The fraction of sp³-hybridized carbons (Fsp3) is 0.308. The number of hydrogen-bond acceptors (Lipinski definition) is 5. The zero-order valence-electron chi connectivity index (χ0n) is 12.2. The second-order valence-electron chi connectivity index (χ2n) is 4.81. The molecule has 110 valence electrons. The summed E-state index contributed by atoms with van der Waals surface area (Å²) in [5.41, 5.74) is 7.47. The van der Waals surface area contributed by atoms with Gasteiger partial charge in [-0.3, -0.25) is 9.80 Å². The highest BCUT2D eigenvalue weighted by Crippen LogP contribution is 2.18. The SMILES string of the molecule is Cc1ccc(Cn2nnc(C(N)=O)c2/N=N/N(C)C)cc1. The van der Waals surface area contributed by atoms with Gasteiger partial charge in [0.25, 0.3) is 5.91 Å². The molecule has 0 bridgehead atoms. The number of aromatic nitrogens is 3. The van der Waals surface area contributed by atoms with Crippen molar-refractivity contribution in [1.82, 2.24) is 20.0 Å². The minimum atomic E-state index is -0.683. The molecule has 8 nitrogen and oxygen atoms in total. The van der Waals surface area contributed by atoms with E-state index in [4.69, 9.17) is 5.73 Å². The summed E-state index contributed by atoms with van der Waals surface area (Å²) in [6.07, 6.45) is 0. The second-order valence-corrected chi connectivity index (χ2v) is 4.81. The number of carbonyl (C=O) groups is 1. The van der Waals surface area contributed by atoms with Crippen molar-refractivity contribution in [2.45, 2.75) is 13.5 Å². The number of primary amides is 1. The Morgan fingerprint density at radius 1 is 1.33 bits per heavy atom. The zero-order valence-corrected chi connectivity index (χ0v) is 12.2. The summed E-state index contributed by atoms with van der Waals surface area (Å²) < 4.78 is 1.50. The van der Waals surface area contributed by atoms with Crippen LogP contribution in [-0.2, 0) is 6.54 Å². The van der Waals surface area contributed by atoms with Crippen LogP contribution in [0.1, 0.15) is 21.6 Å². The number of aryl methyl sites for hydroxylation is 1. The first kappa shape index (κ1) is 14.6. The highest BCUT2D eigenvalue weighted by molar-refractivity contribution is 5.94. The molecular formula is C13H17N7O. The van der Waals surface area contributed by atoms with Crippen molar-refractivity contribution < 1.29 is 4.79 Å². The van der Waals surface area contributed by atoms with Crippen LogP contribution in [0.3, 0.4) is 0 Å². The summed E-state index contributed by atoms with van der Waals surface area (Å²) >= 11 is 0. The monoisotopic (exact) mass is 287 g/mol. The topological polar surface area (TPSA) is 102 Å². The Morgan fingerprint density at radius 3 is 2.57 bits per heavy atom. The number of carbonyl (C=O) groups excluding carboxylic acids is 1. The fourth-order valence-corrected chi connectivity index (χ4v) is 1.67. The summed E-state index contributed by atoms with van der Waals surface area (Å²) in [7, 11) is 3.45. The van der Waals surface area contributed by atoms with Gasteiger partial charge in [-0.1, -0.05) is 40.3 Å². The Hall–Kier alpha value is -2.77. The molecule has 1 aromatic heterocycles. The maximum Gasteiger partial charge on any atom is 0.273 e. The predicted octanol–water partition coefficient (Wildman–Crippen LogP) is 1.29. The van der Waals surface area contributed by atoms with E-state index in [0.29, 0.717) is 6.54 Å². The number of amides is 1. The molecule has 1 heterocycles. The van der Waals surface area contributed by atoms with Gasteiger partial charge < -0.3 is 5.73 Å². The molecule has 2 N–H and O–H groups in total. The number of nitrogens with two attached hydrogens (primary N) is 1. The standard InChI is InChI=1S/C13H17N7O/c1-9-4-6-10(7-5-9)8-20-13(16-17-19(2)3)11(12(14)21)15-18-20/h4-7H,8H2,1-3H3,(H2,14,21)/b17-16+. The van der Waals surface area contributed by atoms with E-state index in [1.54, 1.807) is 14.1 Å². The van der Waals surface area contributed by atoms with Gasteiger partial charge in [0, 0.05) is 14.1 Å². The maximum absolute atomic E-state index is 11.4. The van der Waals surface area contributed by atoms with Crippen LogP contribution in [0.5, 0.6) is 0 Å². The lowest BCUT2D eigenvalue weighted by Crippen LogP contribution is -2.12. The van der Waals surface area contributed by atoms with E-state index in [9.17, 15) is 4.79 Å². The van der Waals surface area contributed by atoms with E-state index in [0.717, 1.165) is 5.56 Å². The van der Waals surface area contributed by atoms with Gasteiger partial charge in [-0.05, 0) is 12.5 Å². The van der Waals surface area contributed by atoms with Gasteiger partial charge in [0.05, 0.1) is 6.54 Å². The van der Waals surface area contributed by atoms with Crippen molar-refractivity contribution in [3.8, 4) is 0 Å². The summed E-state index contributed by atoms with van der Waals surface area (Å²) in [6.45, 7) is 2.45. The molecule has 2 aromatic rings. The summed E-state index contributed by atoms with van der Waals surface area (Å²) in [6, 6.07) is 7.96. The van der Waals surface area contributed by atoms with Crippen molar-refractivity contribution in [3.63, 3.8) is 0 Å². The van der Waals surface area contributed by atoms with Crippen LogP contribution in [0.2, 0.25) is 0 Å². The van der Waals surface area contributed by atoms with Crippen molar-refractivity contribution in [1.29, 1.82) is 0 Å². The Kier molecular flexibility index (Phi) is 4.27. The van der Waals surface area contributed by atoms with Gasteiger partial charge in [-0.15, -0.1) is 10.2 Å². The van der Waals surface area contributed by atoms with Crippen molar-refractivity contribution in [2.24, 2.45) is 16.1 Å². The maximum atomic E-state index is 11.4. The van der Waals surface area contributed by atoms with Gasteiger partial charge in [-0.2, -0.15) is 0 Å². The summed E-state index contributed by atoms with van der Waals surface area (Å²) in [4.78, 5) is 11.4. The number of benzene rings is 1. The molecule has 0 aliphatic heterocycles. The highest BCUT2D eigenvalue weighted by atomic mass is 16.1. The zero-order chi connectivity index (χ0) is 15.4. The van der Waals surface area contributed by atoms with Crippen LogP contribution in [-0.4, -0.2) is 40.0 Å². The first-order valence-corrected chi connectivity index (χ1v) is 6.35. The quantitative estimate of drug-likeness (QED) is 0.661. The molecule has 0 spiro atoms. The van der Waals surface area contributed by atoms with Gasteiger partial charge in [-0.25, -0.2) is 4.68 Å². The Morgan fingerprint density at radius 2 is 2.00 bits per heavy atom. The molecule has 0 fully saturated rings. The van der Waals surface area contributed by atoms with Crippen LogP contribution >= 0.6 is 0 Å². The lowest BCUT2D eigenvalue weighted by molar-refractivity contribution is 0.0996. The molecule has 0 radical (unpaired) electrons. The van der Waals surface area contributed by atoms with Crippen LogP contribution in [0.4, 0.5) is 5.82 Å². The van der Waals surface area contributed by atoms with Crippen LogP contribution < -0.4 is 5.73 Å². The highest BCUT2D eigenvalue weighted by Gasteiger charge is 2.17. The molecule has 0 saturated heterocycles. The Labute approximate surface area is 122 Å². The molecule has 1 aromatic carbocycles. The second kappa shape index (κ2) is 6.12. The van der Waals surface area contributed by atoms with Crippen LogP contribution in [0.25, 0.3) is 0 Å². The molecule has 0 unspecified atom stereocenters. The number of nitrogens with zero attached hydrogens (tertiary/aromatic N) is 6. The number of rotatable bonds is 5. The van der Waals surface area contributed by atoms with Gasteiger partial charge in [0.1, 0.15) is 0 Å². The van der Waals surface area contributed by atoms with E-state index in [1.807, 2.05) is 31.2 Å². The first-order valence-electron chi connectivity index (χ1n) is 6.35. The van der Waals surface area contributed by atoms with E-state index < -0.39 is 5.91 Å². The van der Waals surface area contributed by atoms with Crippen molar-refractivity contribution in [3.05, 3.63) is 41.1 Å². The van der Waals surface area contributed by atoms with E-state index in [1.165, 1.54) is 15.3 Å². The normalized spacial score (nSPS) is 11.0. The molecule has 2 rings (SSSR count). The Balaban J connectivity index is 2.34. The largest absolute Gasteiger partial charge is 0.364 e. The molecule has 21 heavy (non-hydrogen) atoms. The van der Waals surface area contributed by atoms with Gasteiger partial charge >= 0.3 is 0 Å². The van der Waals surface area contributed by atoms with Crippen molar-refractivity contribution >= 4 is 11.7 Å². The van der Waals surface area contributed by atoms with E-state index in [-0.39, 0.29) is 11.5 Å². The molecule has 1 amide bonds. The third-order valence-electron chi connectivity index (χ3n) is 2.71. The van der Waals surface area contributed by atoms with Crippen LogP contribution in [0, 0.1) is 6.92 Å². The third-order valence-corrected chi connectivity index (χ3v) is 2.71. The predicted molar refractivity (Wildman–Crippen MR) is 77.0 cm³/mol. The minimum absolute atomic E-state index is 0.00714. The molecule has 0 aliphatic carbocycles. The smallest absolute Gasteiger partial charge is 0.273 e. The fourth-order valence-electron chi connectivity index (χ4n) is 1.67. The van der Waals surface area contributed by atoms with Gasteiger partial charge in [0.15, 0.2) is 5.69 Å². The summed E-state index contributed by atoms with van der Waals surface area (Å²) in [5.74, 6) is -0.436. The number of hydrogen-bond donors (Lipinski definition) is 1. The average molecular weight is 287 g/mol. The Bertz CT molecular complexity index is 658. The molecular weight excluding hydrogens is 270 g/mol. The molecule has 0 atom stereocenters. The third kappa shape index (κ3) is 3.62. The molecule has 0 saturated carbocycles. The summed E-state index contributed by atoms with van der Waals surface area (Å²) in [5, 5.41) is 17.1.